The zero-order valence-electron chi connectivity index (χ0n) is 16.6. The van der Waals surface area contributed by atoms with Crippen LogP contribution >= 0.6 is 11.6 Å². The molecule has 2 heterocycles. The highest BCUT2D eigenvalue weighted by atomic mass is 35.5. The summed E-state index contributed by atoms with van der Waals surface area (Å²) in [5, 5.41) is 2.90. The third-order valence-corrected chi connectivity index (χ3v) is 6.04. The summed E-state index contributed by atoms with van der Waals surface area (Å²) in [6.45, 7) is 1.76. The molecule has 0 bridgehead atoms. The molecule has 7 heteroatoms. The molecule has 3 aromatic carbocycles. The Morgan fingerprint density at radius 1 is 1.16 bits per heavy atom. The number of halogens is 2. The number of hydrogen-bond acceptors (Lipinski definition) is 4. The molecular weight excluding hydrogens is 419 g/mol. The van der Waals surface area contributed by atoms with Gasteiger partial charge >= 0.3 is 0 Å². The zero-order valence-corrected chi connectivity index (χ0v) is 17.4. The van der Waals surface area contributed by atoms with Gasteiger partial charge in [-0.1, -0.05) is 35.9 Å². The first-order chi connectivity index (χ1) is 15.1. The van der Waals surface area contributed by atoms with Crippen LogP contribution in [0.2, 0.25) is 5.02 Å². The third kappa shape index (κ3) is 3.96. The van der Waals surface area contributed by atoms with E-state index in [1.807, 2.05) is 30.3 Å². The van der Waals surface area contributed by atoms with Gasteiger partial charge in [0.25, 0.3) is 5.56 Å². The molecule has 0 aliphatic carbocycles. The molecule has 4 aromatic rings. The smallest absolute Gasteiger partial charge is 0.287 e. The van der Waals surface area contributed by atoms with Gasteiger partial charge in [-0.05, 0) is 66.9 Å². The van der Waals surface area contributed by atoms with Crippen LogP contribution in [0.5, 0.6) is 11.5 Å². The van der Waals surface area contributed by atoms with Crippen molar-refractivity contribution in [2.45, 2.75) is 25.4 Å². The highest BCUT2D eigenvalue weighted by molar-refractivity contribution is 6.36. The van der Waals surface area contributed by atoms with E-state index in [9.17, 15) is 9.18 Å². The minimum atomic E-state index is -0.328. The Balaban J connectivity index is 1.30. The van der Waals surface area contributed by atoms with Crippen molar-refractivity contribution < 1.29 is 13.7 Å². The van der Waals surface area contributed by atoms with Crippen LogP contribution in [0.4, 0.5) is 4.39 Å². The number of benzene rings is 3. The van der Waals surface area contributed by atoms with E-state index in [1.54, 1.807) is 24.3 Å². The van der Waals surface area contributed by atoms with E-state index >= 15 is 0 Å². The Kier molecular flexibility index (Phi) is 5.26. The topological polar surface area (TPSA) is 58.5 Å². The molecule has 1 aliphatic rings. The molecule has 0 radical (unpaired) electrons. The van der Waals surface area contributed by atoms with Crippen LogP contribution in [-0.4, -0.2) is 16.6 Å². The molecule has 1 aliphatic heterocycles. The maximum atomic E-state index is 13.6. The Morgan fingerprint density at radius 2 is 2.00 bits per heavy atom. The van der Waals surface area contributed by atoms with Crippen LogP contribution in [0.1, 0.15) is 30.0 Å². The van der Waals surface area contributed by atoms with E-state index in [4.69, 9.17) is 20.9 Å². The van der Waals surface area contributed by atoms with Gasteiger partial charge < -0.3 is 9.26 Å². The molecule has 0 spiro atoms. The SMILES string of the molecule is O=c1[nH]oc2c(Cl)c(Oc3ccc(CN4CCCC4c4cccc(F)c4)cc3)ccc12. The van der Waals surface area contributed by atoms with E-state index in [-0.39, 0.29) is 28.0 Å². The summed E-state index contributed by atoms with van der Waals surface area (Å²) in [4.78, 5) is 14.0. The Morgan fingerprint density at radius 3 is 2.81 bits per heavy atom. The average molecular weight is 439 g/mol. The predicted molar refractivity (Wildman–Crippen MR) is 117 cm³/mol. The number of aromatic nitrogens is 1. The van der Waals surface area contributed by atoms with E-state index < -0.39 is 0 Å². The van der Waals surface area contributed by atoms with Gasteiger partial charge in [-0.15, -0.1) is 0 Å². The molecule has 5 nitrogen and oxygen atoms in total. The third-order valence-electron chi connectivity index (χ3n) is 5.69. The number of fused-ring (bicyclic) bond motifs is 1. The fourth-order valence-electron chi connectivity index (χ4n) is 4.18. The van der Waals surface area contributed by atoms with Crippen LogP contribution in [0.25, 0.3) is 11.0 Å². The zero-order chi connectivity index (χ0) is 21.4. The van der Waals surface area contributed by atoms with Crippen LogP contribution in [0.15, 0.2) is 70.0 Å². The van der Waals surface area contributed by atoms with Gasteiger partial charge in [-0.2, -0.15) is 5.16 Å². The second-order valence-corrected chi connectivity index (χ2v) is 8.10. The van der Waals surface area contributed by atoms with Crippen LogP contribution in [0, 0.1) is 5.82 Å². The molecule has 5 rings (SSSR count). The van der Waals surface area contributed by atoms with E-state index in [0.717, 1.165) is 37.1 Å². The lowest BCUT2D eigenvalue weighted by molar-refractivity contribution is 0.248. The summed E-state index contributed by atoms with van der Waals surface area (Å²) < 4.78 is 24.7. The first-order valence-corrected chi connectivity index (χ1v) is 10.5. The predicted octanol–water partition coefficient (Wildman–Crippen LogP) is 6.04. The number of aromatic amines is 1. The lowest BCUT2D eigenvalue weighted by atomic mass is 10.0. The fraction of sp³-hybridized carbons (Fsp3) is 0.208. The van der Waals surface area contributed by atoms with E-state index in [1.165, 1.54) is 6.07 Å². The van der Waals surface area contributed by atoms with Crippen molar-refractivity contribution in [2.24, 2.45) is 0 Å². The minimum absolute atomic E-state index is 0.193. The second-order valence-electron chi connectivity index (χ2n) is 7.72. The maximum absolute atomic E-state index is 13.6. The average Bonchev–Trinajstić information content (AvgIpc) is 3.38. The number of likely N-dealkylation sites (tertiary alicyclic amines) is 1. The molecule has 1 aromatic heterocycles. The summed E-state index contributed by atoms with van der Waals surface area (Å²) in [6.07, 6.45) is 2.12. The monoisotopic (exact) mass is 438 g/mol. The lowest BCUT2D eigenvalue weighted by Gasteiger charge is -2.25. The van der Waals surface area contributed by atoms with E-state index in [0.29, 0.717) is 16.9 Å². The molecule has 1 saturated heterocycles. The summed E-state index contributed by atoms with van der Waals surface area (Å²) in [5.41, 5.74) is 2.12. The maximum Gasteiger partial charge on any atom is 0.287 e. The summed E-state index contributed by atoms with van der Waals surface area (Å²) >= 11 is 6.32. The quantitative estimate of drug-likeness (QED) is 0.412. The minimum Gasteiger partial charge on any atom is -0.456 e. The van der Waals surface area contributed by atoms with Gasteiger partial charge in [0.1, 0.15) is 22.3 Å². The fourth-order valence-corrected chi connectivity index (χ4v) is 4.42. The highest BCUT2D eigenvalue weighted by Gasteiger charge is 2.26. The number of hydrogen-bond donors (Lipinski definition) is 1. The molecule has 0 saturated carbocycles. The number of ether oxygens (including phenoxy) is 1. The summed E-state index contributed by atoms with van der Waals surface area (Å²) in [6, 6.07) is 18.2. The number of nitrogens with zero attached hydrogens (tertiary/aromatic N) is 1. The number of nitrogens with one attached hydrogen (secondary N) is 1. The Bertz CT molecular complexity index is 1280. The van der Waals surface area contributed by atoms with Gasteiger partial charge in [-0.25, -0.2) is 4.39 Å². The van der Waals surface area contributed by atoms with Crippen molar-refractivity contribution in [2.75, 3.05) is 6.54 Å². The van der Waals surface area contributed by atoms with E-state index in [2.05, 4.69) is 10.1 Å². The number of H-pyrrole nitrogens is 1. The Labute approximate surface area is 183 Å². The molecule has 1 atom stereocenters. The molecule has 1 N–H and O–H groups in total. The first-order valence-electron chi connectivity index (χ1n) is 10.1. The molecule has 158 valence electrons. The normalized spacial score (nSPS) is 16.8. The standard InChI is InChI=1S/C24H20ClFN2O3/c25-22-21(11-10-19-23(22)31-27-24(19)29)30-18-8-6-15(7-9-18)14-28-12-2-5-20(28)16-3-1-4-17(26)13-16/h1,3-4,6-11,13,20H,2,5,12,14H2,(H,27,29). The van der Waals surface area contributed by atoms with Crippen LogP contribution in [-0.2, 0) is 6.54 Å². The van der Waals surface area contributed by atoms with Crippen molar-refractivity contribution in [1.29, 1.82) is 0 Å². The highest BCUT2D eigenvalue weighted by Crippen LogP contribution is 2.36. The van der Waals surface area contributed by atoms with Crippen LogP contribution < -0.4 is 10.3 Å². The molecule has 1 unspecified atom stereocenters. The van der Waals surface area contributed by atoms with Crippen LogP contribution in [0.3, 0.4) is 0 Å². The van der Waals surface area contributed by atoms with Crippen molar-refractivity contribution in [1.82, 2.24) is 10.1 Å². The summed E-state index contributed by atoms with van der Waals surface area (Å²) in [5.74, 6) is 0.850. The van der Waals surface area contributed by atoms with Gasteiger partial charge in [0.05, 0.1) is 5.39 Å². The van der Waals surface area contributed by atoms with Gasteiger partial charge in [0, 0.05) is 12.6 Å². The van der Waals surface area contributed by atoms with Gasteiger partial charge in [-0.3, -0.25) is 9.69 Å². The molecule has 0 amide bonds. The molecule has 31 heavy (non-hydrogen) atoms. The van der Waals surface area contributed by atoms with Gasteiger partial charge in [0.2, 0.25) is 0 Å². The second kappa shape index (κ2) is 8.21. The largest absolute Gasteiger partial charge is 0.456 e. The van der Waals surface area contributed by atoms with Crippen molar-refractivity contribution in [3.63, 3.8) is 0 Å². The number of rotatable bonds is 5. The molecule has 1 fully saturated rings. The molecular formula is C24H20ClFN2O3. The van der Waals surface area contributed by atoms with Crippen molar-refractivity contribution in [3.05, 3.63) is 93.0 Å². The summed E-state index contributed by atoms with van der Waals surface area (Å²) in [7, 11) is 0. The lowest BCUT2D eigenvalue weighted by Crippen LogP contribution is -2.22. The van der Waals surface area contributed by atoms with Gasteiger partial charge in [0.15, 0.2) is 5.58 Å². The van der Waals surface area contributed by atoms with Crippen molar-refractivity contribution >= 4 is 22.6 Å². The first kappa shape index (κ1) is 19.8. The Hall–Kier alpha value is -3.09. The van der Waals surface area contributed by atoms with Crippen molar-refractivity contribution in [3.8, 4) is 11.5 Å².